The Balaban J connectivity index is 0.000000108. The predicted octanol–water partition coefficient (Wildman–Crippen LogP) is 33.2. The Hall–Kier alpha value is -20.6. The van der Waals surface area contributed by atoms with E-state index in [4.69, 9.17) is 34.9 Å². The van der Waals surface area contributed by atoms with Crippen LogP contribution in [0.1, 0.15) is 0 Å². The molecule has 30 rings (SSSR count). The Morgan fingerprint density at radius 2 is 0.400 bits per heavy atom. The zero-order valence-electron chi connectivity index (χ0n) is 80.9. The van der Waals surface area contributed by atoms with E-state index < -0.39 is 0 Å². The number of hydrogen-bond acceptors (Lipinski definition) is 9. The quantitative estimate of drug-likeness (QED) is 0.0979. The van der Waals surface area contributed by atoms with Crippen LogP contribution < -0.4 is 0 Å². The molecule has 0 aliphatic heterocycles. The van der Waals surface area contributed by atoms with Gasteiger partial charge in [-0.3, -0.25) is 39.5 Å². The highest BCUT2D eigenvalue weighted by molar-refractivity contribution is 6.16. The van der Waals surface area contributed by atoms with Gasteiger partial charge in [0.25, 0.3) is 0 Å². The zero-order valence-corrected chi connectivity index (χ0v) is 80.9. The van der Waals surface area contributed by atoms with Gasteiger partial charge in [0, 0.05) is 131 Å². The molecule has 0 N–H and O–H groups in total. The normalized spacial score (nSPS) is 11.6. The SMILES string of the molecule is c1ccc(-c2cc(-c3ccccc3)nc(-n3c4ccc(-c5ccc6c(c5)c5ccccc5n6-c5ccccc5)cc4c4ncccc43)c2)cc1.c1ccc(-n2c3ccccc3c3cc(-c4ccc5c(c4)c4ncccc4n5-c4cc(-c5ccccn5)cc(-c5ccccn5)c4)ccc32)cc1.c1ccc(-n2c3ccccc3c3cc(-c4ccc5c(c4)c4ncccc4n5-c4cc(-c5ccccn5)nc(-c5ccccn5)c4)ccc32)cc1. The number of benzene rings is 15. The lowest BCUT2D eigenvalue weighted by Gasteiger charge is -2.13. The Bertz CT molecular complexity index is 9330. The molecule has 0 amide bonds. The Morgan fingerprint density at radius 1 is 0.120 bits per heavy atom. The van der Waals surface area contributed by atoms with Crippen LogP contribution in [-0.4, -0.2) is 72.3 Å². The third kappa shape index (κ3) is 15.4. The van der Waals surface area contributed by atoms with Gasteiger partial charge in [0.1, 0.15) is 5.82 Å². The first kappa shape index (κ1) is 87.3. The van der Waals surface area contributed by atoms with E-state index in [1.54, 1.807) is 12.4 Å². The molecule has 0 fully saturated rings. The molecule has 0 atom stereocenters. The van der Waals surface area contributed by atoms with Crippen molar-refractivity contribution in [2.75, 3.05) is 0 Å². The molecular formula is C135H87N15. The molecule has 702 valence electrons. The molecule has 30 aromatic rings. The fraction of sp³-hybridized carbons (Fsp3) is 0. The van der Waals surface area contributed by atoms with Gasteiger partial charge in [0.2, 0.25) is 0 Å². The minimum absolute atomic E-state index is 0.780. The van der Waals surface area contributed by atoms with Crippen molar-refractivity contribution in [1.29, 1.82) is 0 Å². The monoisotopic (exact) mass is 1920 g/mol. The molecule has 15 heteroatoms. The second-order valence-corrected chi connectivity index (χ2v) is 37.6. The van der Waals surface area contributed by atoms with Crippen LogP contribution in [0.15, 0.2) is 529 Å². The third-order valence-electron chi connectivity index (χ3n) is 28.9. The van der Waals surface area contributed by atoms with Gasteiger partial charge in [-0.05, 0) is 299 Å². The van der Waals surface area contributed by atoms with Crippen LogP contribution in [0.3, 0.4) is 0 Å². The smallest absolute Gasteiger partial charge is 0.138 e. The van der Waals surface area contributed by atoms with Crippen LogP contribution in [0.2, 0.25) is 0 Å². The fourth-order valence-electron chi connectivity index (χ4n) is 22.1. The maximum absolute atomic E-state index is 5.28. The van der Waals surface area contributed by atoms with Gasteiger partial charge in [-0.15, -0.1) is 0 Å². The summed E-state index contributed by atoms with van der Waals surface area (Å²) < 4.78 is 13.9. The molecule has 15 aromatic carbocycles. The maximum Gasteiger partial charge on any atom is 0.138 e. The van der Waals surface area contributed by atoms with E-state index in [0.29, 0.717) is 0 Å². The van der Waals surface area contributed by atoms with Gasteiger partial charge in [0.15, 0.2) is 0 Å². The average Bonchev–Trinajstić information content (AvgIpc) is 1.59. The summed E-state index contributed by atoms with van der Waals surface area (Å²) in [4.78, 5) is 43.7. The highest BCUT2D eigenvalue weighted by Crippen LogP contribution is 2.46. The highest BCUT2D eigenvalue weighted by atomic mass is 15.1. The summed E-state index contributed by atoms with van der Waals surface area (Å²) in [6, 6.07) is 171. The molecule has 0 aliphatic rings. The lowest BCUT2D eigenvalue weighted by Crippen LogP contribution is -2.00. The summed E-state index contributed by atoms with van der Waals surface area (Å²) in [6.07, 6.45) is 12.9. The molecule has 15 heterocycles. The minimum Gasteiger partial charge on any atom is -0.309 e. The van der Waals surface area contributed by atoms with Crippen molar-refractivity contribution in [2.45, 2.75) is 0 Å². The van der Waals surface area contributed by atoms with E-state index in [1.807, 2.05) is 116 Å². The number of hydrogen-bond donors (Lipinski definition) is 0. The van der Waals surface area contributed by atoms with Gasteiger partial charge in [-0.25, -0.2) is 9.97 Å². The van der Waals surface area contributed by atoms with E-state index in [-0.39, 0.29) is 0 Å². The molecule has 0 radical (unpaired) electrons. The van der Waals surface area contributed by atoms with Crippen LogP contribution in [0, 0.1) is 0 Å². The number of fused-ring (bicyclic) bond motifs is 18. The topological polar surface area (TPSA) is 146 Å². The molecule has 0 saturated carbocycles. The molecule has 0 unspecified atom stereocenters. The molecule has 15 aromatic heterocycles. The second kappa shape index (κ2) is 37.0. The third-order valence-corrected chi connectivity index (χ3v) is 28.9. The first-order valence-corrected chi connectivity index (χ1v) is 50.3. The van der Waals surface area contributed by atoms with Crippen LogP contribution >= 0.6 is 0 Å². The van der Waals surface area contributed by atoms with Gasteiger partial charge < -0.3 is 22.8 Å². The van der Waals surface area contributed by atoms with Gasteiger partial charge in [-0.1, -0.05) is 231 Å². The first-order valence-electron chi connectivity index (χ1n) is 50.3. The summed E-state index contributed by atoms with van der Waals surface area (Å²) in [5, 5.41) is 10.7. The number of rotatable bonds is 15. The van der Waals surface area contributed by atoms with Crippen LogP contribution in [0.4, 0.5) is 0 Å². The standard InChI is InChI=1S/C46H30N4.C45H29N5.C44H28N6/c1-4-13-31(14-5-1)35-29-40(32-15-6-2-7-16-32)48-45(30-35)50-43-25-23-34(28-39(43)46-44(50)21-12-26-47-46)33-22-24-42-38(27-33)37-19-10-11-20-41(37)49(42)36-17-8-3-9-18-36;1-2-11-34(12-3-1)49-41-16-5-4-13-36(41)37-28-30(18-20-42(37)49)31-19-21-43-38(29-31)45-44(17-10-24-48-45)50(43)35-26-32(39-14-6-8-22-46-39)25-33(27-35)40-15-7-9-23-47-40;1-2-11-31(12-3-1)49-40-16-5-4-13-33(40)34-25-29(18-20-41(34)49)30-19-21-42-35(26-30)44-43(17-10-24-47-44)50(42)32-27-38(36-14-6-8-22-45-36)48-39(28-32)37-15-7-9-23-46-37/h1-30H;1-29H;1-28H. The lowest BCUT2D eigenvalue weighted by atomic mass is 10.0. The van der Waals surface area contributed by atoms with E-state index in [9.17, 15) is 0 Å². The largest absolute Gasteiger partial charge is 0.309 e. The lowest BCUT2D eigenvalue weighted by molar-refractivity contribution is 1.08. The Morgan fingerprint density at radius 3 is 0.767 bits per heavy atom. The Labute approximate surface area is 861 Å². The van der Waals surface area contributed by atoms with E-state index >= 15 is 0 Å². The molecule has 0 bridgehead atoms. The van der Waals surface area contributed by atoms with E-state index in [1.165, 1.54) is 76.5 Å². The predicted molar refractivity (Wildman–Crippen MR) is 614 cm³/mol. The van der Waals surface area contributed by atoms with Crippen molar-refractivity contribution < 1.29 is 0 Å². The van der Waals surface area contributed by atoms with Crippen molar-refractivity contribution in [1.82, 2.24) is 72.3 Å². The molecule has 0 saturated heterocycles. The summed E-state index contributed by atoms with van der Waals surface area (Å²) in [5.74, 6) is 0.862. The van der Waals surface area contributed by atoms with Gasteiger partial charge in [-0.2, -0.15) is 0 Å². The number of pyridine rings is 9. The van der Waals surface area contributed by atoms with Crippen molar-refractivity contribution in [2.24, 2.45) is 0 Å². The first-order chi connectivity index (χ1) is 74.4. The van der Waals surface area contributed by atoms with Crippen LogP contribution in [0.25, 0.3) is 267 Å². The minimum atomic E-state index is 0.780. The van der Waals surface area contributed by atoms with Crippen LogP contribution in [0.5, 0.6) is 0 Å². The number of nitrogens with zero attached hydrogens (tertiary/aromatic N) is 15. The molecule has 0 spiro atoms. The van der Waals surface area contributed by atoms with Crippen molar-refractivity contribution in [3.63, 3.8) is 0 Å². The van der Waals surface area contributed by atoms with Crippen LogP contribution in [-0.2, 0) is 0 Å². The zero-order chi connectivity index (χ0) is 99.1. The molecule has 15 nitrogen and oxygen atoms in total. The molecular weight excluding hydrogens is 1830 g/mol. The molecule has 150 heavy (non-hydrogen) atoms. The average molecular weight is 1920 g/mol. The van der Waals surface area contributed by atoms with Gasteiger partial charge >= 0.3 is 0 Å². The summed E-state index contributed by atoms with van der Waals surface area (Å²) >= 11 is 0. The van der Waals surface area contributed by atoms with Crippen molar-refractivity contribution in [3.8, 4) is 135 Å². The number of aromatic nitrogens is 15. The second-order valence-electron chi connectivity index (χ2n) is 37.6. The number of para-hydroxylation sites is 6. The highest BCUT2D eigenvalue weighted by Gasteiger charge is 2.26. The van der Waals surface area contributed by atoms with Gasteiger partial charge in [0.05, 0.1) is 128 Å². The van der Waals surface area contributed by atoms with E-state index in [2.05, 4.69) is 438 Å². The summed E-state index contributed by atoms with van der Waals surface area (Å²) in [7, 11) is 0. The van der Waals surface area contributed by atoms with Crippen molar-refractivity contribution >= 4 is 131 Å². The summed E-state index contributed by atoms with van der Waals surface area (Å²) in [6.45, 7) is 0. The van der Waals surface area contributed by atoms with Crippen molar-refractivity contribution in [3.05, 3.63) is 529 Å². The summed E-state index contributed by atoms with van der Waals surface area (Å²) in [5.41, 5.74) is 40.1. The molecule has 0 aliphatic carbocycles. The fourth-order valence-corrected chi connectivity index (χ4v) is 22.1. The maximum atomic E-state index is 5.28. The Kier molecular flexibility index (Phi) is 21.5. The van der Waals surface area contributed by atoms with E-state index in [0.717, 1.165) is 190 Å².